The van der Waals surface area contributed by atoms with E-state index >= 15 is 0 Å². The number of anilines is 1. The van der Waals surface area contributed by atoms with Crippen LogP contribution in [0.1, 0.15) is 26.5 Å². The molecule has 0 unspecified atom stereocenters. The van der Waals surface area contributed by atoms with E-state index in [0.717, 1.165) is 31.9 Å². The lowest BCUT2D eigenvalue weighted by Crippen LogP contribution is -2.48. The minimum atomic E-state index is -0.137. The average molecular weight is 280 g/mol. The van der Waals surface area contributed by atoms with Crippen LogP contribution in [-0.4, -0.2) is 59.3 Å². The fourth-order valence-corrected chi connectivity index (χ4v) is 2.30. The van der Waals surface area contributed by atoms with E-state index < -0.39 is 0 Å². The van der Waals surface area contributed by atoms with Crippen LogP contribution < -0.4 is 10.5 Å². The molecule has 6 nitrogen and oxygen atoms in total. The van der Waals surface area contributed by atoms with Crippen molar-refractivity contribution in [3.8, 4) is 0 Å². The van der Waals surface area contributed by atoms with Crippen LogP contribution in [-0.2, 0) is 5.41 Å². The smallest absolute Gasteiger partial charge is 0.252 e. The fraction of sp³-hybridized carbons (Fsp3) is 0.714. The van der Waals surface area contributed by atoms with E-state index in [2.05, 4.69) is 40.5 Å². The zero-order valence-electron chi connectivity index (χ0n) is 12.5. The first-order valence-electron chi connectivity index (χ1n) is 7.10. The number of piperazine rings is 1. The zero-order chi connectivity index (χ0) is 14.8. The first-order valence-corrected chi connectivity index (χ1v) is 7.10. The van der Waals surface area contributed by atoms with Crippen molar-refractivity contribution in [3.63, 3.8) is 0 Å². The molecule has 1 aromatic heterocycles. The molecule has 2 N–H and O–H groups in total. The van der Waals surface area contributed by atoms with Gasteiger partial charge in [0.05, 0.1) is 12.3 Å². The maximum Gasteiger partial charge on any atom is 0.252 e. The largest absolute Gasteiger partial charge is 0.395 e. The van der Waals surface area contributed by atoms with Gasteiger partial charge in [-0.2, -0.15) is 0 Å². The van der Waals surface area contributed by atoms with Crippen molar-refractivity contribution in [3.05, 3.63) is 22.1 Å². The topological polar surface area (TPSA) is 72.5 Å². The van der Waals surface area contributed by atoms with Crippen LogP contribution in [0, 0.1) is 0 Å². The third-order valence-corrected chi connectivity index (χ3v) is 3.59. The van der Waals surface area contributed by atoms with Gasteiger partial charge in [-0.05, 0) is 0 Å². The van der Waals surface area contributed by atoms with Gasteiger partial charge in [0.15, 0.2) is 0 Å². The molecule has 2 rings (SSSR count). The molecule has 0 saturated carbocycles. The molecule has 2 heterocycles. The number of hydrogen-bond acceptors (Lipinski definition) is 5. The Kier molecular flexibility index (Phi) is 4.45. The molecule has 6 heteroatoms. The third kappa shape index (κ3) is 3.58. The highest BCUT2D eigenvalue weighted by Gasteiger charge is 2.21. The van der Waals surface area contributed by atoms with Crippen molar-refractivity contribution in [2.75, 3.05) is 44.2 Å². The van der Waals surface area contributed by atoms with E-state index in [0.29, 0.717) is 12.5 Å². The molecule has 1 aliphatic rings. The Bertz CT molecular complexity index is 499. The van der Waals surface area contributed by atoms with Crippen molar-refractivity contribution in [1.82, 2.24) is 14.9 Å². The molecule has 0 aliphatic carbocycles. The number of rotatable bonds is 3. The molecule has 0 spiro atoms. The number of aromatic nitrogens is 2. The van der Waals surface area contributed by atoms with Gasteiger partial charge in [-0.3, -0.25) is 14.7 Å². The minimum absolute atomic E-state index is 0.0993. The second-order valence-corrected chi connectivity index (χ2v) is 6.26. The SMILES string of the molecule is CC(C)(C)c1cc(=O)[nH]c(N2CCN(CCO)CC2)n1. The summed E-state index contributed by atoms with van der Waals surface area (Å²) in [5.41, 5.74) is 0.577. The number of hydrogen-bond donors (Lipinski definition) is 2. The number of aliphatic hydroxyl groups excluding tert-OH is 1. The summed E-state index contributed by atoms with van der Waals surface area (Å²) < 4.78 is 0. The first-order chi connectivity index (χ1) is 9.40. The Morgan fingerprint density at radius 3 is 2.50 bits per heavy atom. The minimum Gasteiger partial charge on any atom is -0.395 e. The second kappa shape index (κ2) is 5.93. The molecule has 112 valence electrons. The number of β-amino-alcohol motifs (C(OH)–C–C–N with tert-alkyl or cyclic N) is 1. The Balaban J connectivity index is 2.14. The fourth-order valence-electron chi connectivity index (χ4n) is 2.30. The summed E-state index contributed by atoms with van der Waals surface area (Å²) in [4.78, 5) is 23.5. The van der Waals surface area contributed by atoms with Gasteiger partial charge < -0.3 is 10.0 Å². The first kappa shape index (κ1) is 15.0. The van der Waals surface area contributed by atoms with Crippen LogP contribution in [0.25, 0.3) is 0 Å². The highest BCUT2D eigenvalue weighted by atomic mass is 16.3. The highest BCUT2D eigenvalue weighted by Crippen LogP contribution is 2.20. The lowest BCUT2D eigenvalue weighted by molar-refractivity contribution is 0.188. The standard InChI is InChI=1S/C14H24N4O2/c1-14(2,3)11-10-12(20)16-13(15-11)18-6-4-17(5-7-18)8-9-19/h10,19H,4-9H2,1-3H3,(H,15,16,20). The average Bonchev–Trinajstić information content (AvgIpc) is 2.38. The monoisotopic (exact) mass is 280 g/mol. The lowest BCUT2D eigenvalue weighted by atomic mass is 9.92. The Labute approximate surface area is 119 Å². The summed E-state index contributed by atoms with van der Waals surface area (Å²) >= 11 is 0. The van der Waals surface area contributed by atoms with Crippen molar-refractivity contribution in [2.45, 2.75) is 26.2 Å². The van der Waals surface area contributed by atoms with Crippen molar-refractivity contribution in [1.29, 1.82) is 0 Å². The van der Waals surface area contributed by atoms with Gasteiger partial charge in [0.2, 0.25) is 5.95 Å². The van der Waals surface area contributed by atoms with Crippen molar-refractivity contribution in [2.24, 2.45) is 0 Å². The van der Waals surface area contributed by atoms with Gasteiger partial charge in [-0.25, -0.2) is 4.98 Å². The summed E-state index contributed by atoms with van der Waals surface area (Å²) in [7, 11) is 0. The van der Waals surface area contributed by atoms with E-state index in [1.165, 1.54) is 0 Å². The number of nitrogens with one attached hydrogen (secondary N) is 1. The summed E-state index contributed by atoms with van der Waals surface area (Å²) in [5.74, 6) is 0.658. The summed E-state index contributed by atoms with van der Waals surface area (Å²) in [6, 6.07) is 1.57. The molecule has 1 aromatic rings. The summed E-state index contributed by atoms with van der Waals surface area (Å²) in [6.45, 7) is 10.4. The summed E-state index contributed by atoms with van der Waals surface area (Å²) in [6.07, 6.45) is 0. The van der Waals surface area contributed by atoms with Gasteiger partial charge in [-0.15, -0.1) is 0 Å². The lowest BCUT2D eigenvalue weighted by Gasteiger charge is -2.35. The molecule has 0 bridgehead atoms. The molecule has 1 aliphatic heterocycles. The van der Waals surface area contributed by atoms with Crippen LogP contribution in [0.3, 0.4) is 0 Å². The zero-order valence-corrected chi connectivity index (χ0v) is 12.5. The van der Waals surface area contributed by atoms with E-state index in [1.807, 2.05) is 0 Å². The van der Waals surface area contributed by atoms with Crippen LogP contribution in [0.4, 0.5) is 5.95 Å². The molecular weight excluding hydrogens is 256 g/mol. The van der Waals surface area contributed by atoms with Gasteiger partial charge in [0, 0.05) is 44.2 Å². The maximum absolute atomic E-state index is 11.8. The van der Waals surface area contributed by atoms with Crippen LogP contribution in [0.2, 0.25) is 0 Å². The molecule has 0 atom stereocenters. The molecule has 1 fully saturated rings. The van der Waals surface area contributed by atoms with Gasteiger partial charge in [0.25, 0.3) is 5.56 Å². The molecule has 1 saturated heterocycles. The number of nitrogens with zero attached hydrogens (tertiary/aromatic N) is 3. The Morgan fingerprint density at radius 1 is 1.30 bits per heavy atom. The molecule has 0 amide bonds. The molecule has 0 radical (unpaired) electrons. The van der Waals surface area contributed by atoms with E-state index in [-0.39, 0.29) is 17.6 Å². The summed E-state index contributed by atoms with van der Waals surface area (Å²) in [5, 5.41) is 8.95. The number of aromatic amines is 1. The van der Waals surface area contributed by atoms with E-state index in [9.17, 15) is 4.79 Å². The number of aliphatic hydroxyl groups is 1. The Morgan fingerprint density at radius 2 is 1.95 bits per heavy atom. The third-order valence-electron chi connectivity index (χ3n) is 3.59. The quantitative estimate of drug-likeness (QED) is 0.826. The van der Waals surface area contributed by atoms with Crippen LogP contribution in [0.5, 0.6) is 0 Å². The second-order valence-electron chi connectivity index (χ2n) is 6.26. The van der Waals surface area contributed by atoms with Gasteiger partial charge in [0.1, 0.15) is 0 Å². The number of H-pyrrole nitrogens is 1. The predicted octanol–water partition coefficient (Wildman–Crippen LogP) is 0.182. The van der Waals surface area contributed by atoms with Gasteiger partial charge >= 0.3 is 0 Å². The van der Waals surface area contributed by atoms with E-state index in [4.69, 9.17) is 5.11 Å². The normalized spacial score (nSPS) is 17.5. The van der Waals surface area contributed by atoms with Crippen molar-refractivity contribution < 1.29 is 5.11 Å². The van der Waals surface area contributed by atoms with Crippen LogP contribution in [0.15, 0.2) is 10.9 Å². The Hall–Kier alpha value is -1.40. The van der Waals surface area contributed by atoms with E-state index in [1.54, 1.807) is 6.07 Å². The molecular formula is C14H24N4O2. The molecule has 0 aromatic carbocycles. The maximum atomic E-state index is 11.8. The van der Waals surface area contributed by atoms with Crippen molar-refractivity contribution >= 4 is 5.95 Å². The highest BCUT2D eigenvalue weighted by molar-refractivity contribution is 5.32. The molecule has 20 heavy (non-hydrogen) atoms. The van der Waals surface area contributed by atoms with Gasteiger partial charge in [-0.1, -0.05) is 20.8 Å². The van der Waals surface area contributed by atoms with Crippen LogP contribution >= 0.6 is 0 Å². The predicted molar refractivity (Wildman–Crippen MR) is 79.3 cm³/mol.